The second-order valence-corrected chi connectivity index (χ2v) is 4.38. The van der Waals surface area contributed by atoms with Gasteiger partial charge in [0.1, 0.15) is 5.56 Å². The first-order valence-electron chi connectivity index (χ1n) is 6.34. The Labute approximate surface area is 116 Å². The van der Waals surface area contributed by atoms with Gasteiger partial charge in [0.05, 0.1) is 6.61 Å². The van der Waals surface area contributed by atoms with E-state index in [9.17, 15) is 9.59 Å². The van der Waals surface area contributed by atoms with Crippen molar-refractivity contribution in [2.24, 2.45) is 7.05 Å². The lowest BCUT2D eigenvalue weighted by molar-refractivity contribution is 0.0523. The number of rotatable bonds is 3. The minimum absolute atomic E-state index is 0.0479. The summed E-state index contributed by atoms with van der Waals surface area (Å²) >= 11 is 0. The van der Waals surface area contributed by atoms with Gasteiger partial charge in [-0.15, -0.1) is 0 Å². The smallest absolute Gasteiger partial charge is 0.343 e. The lowest BCUT2D eigenvalue weighted by Crippen LogP contribution is -2.27. The van der Waals surface area contributed by atoms with Crippen molar-refractivity contribution in [1.82, 2.24) is 9.55 Å². The Hall–Kier alpha value is -2.43. The molecule has 5 nitrogen and oxygen atoms in total. The molecule has 0 atom stereocenters. The molecule has 0 saturated carbocycles. The molecule has 5 heteroatoms. The molecule has 0 N–H and O–H groups in total. The fourth-order valence-corrected chi connectivity index (χ4v) is 2.00. The number of nitrogens with zero attached hydrogens (tertiary/aromatic N) is 2. The molecule has 0 spiro atoms. The predicted molar refractivity (Wildman–Crippen MR) is 75.6 cm³/mol. The Morgan fingerprint density at radius 1 is 1.35 bits per heavy atom. The van der Waals surface area contributed by atoms with Crippen molar-refractivity contribution in [2.75, 3.05) is 6.61 Å². The third-order valence-corrected chi connectivity index (χ3v) is 3.20. The van der Waals surface area contributed by atoms with E-state index < -0.39 is 5.97 Å². The molecule has 0 unspecified atom stereocenters. The van der Waals surface area contributed by atoms with E-state index in [0.717, 1.165) is 16.8 Å². The Morgan fingerprint density at radius 3 is 2.60 bits per heavy atom. The third kappa shape index (κ3) is 2.47. The quantitative estimate of drug-likeness (QED) is 0.801. The van der Waals surface area contributed by atoms with Crippen LogP contribution in [0.15, 0.2) is 35.4 Å². The SMILES string of the molecule is CCOC(=O)c1cc(-c2ccncc2)c(C)n(C)c1=O. The average Bonchev–Trinajstić information content (AvgIpc) is 2.46. The lowest BCUT2D eigenvalue weighted by atomic mass is 10.0. The van der Waals surface area contributed by atoms with Crippen LogP contribution < -0.4 is 5.56 Å². The van der Waals surface area contributed by atoms with Crippen molar-refractivity contribution in [3.05, 3.63) is 52.2 Å². The normalized spacial score (nSPS) is 10.3. The zero-order chi connectivity index (χ0) is 14.7. The maximum atomic E-state index is 12.1. The van der Waals surface area contributed by atoms with Crippen LogP contribution in [0.4, 0.5) is 0 Å². The molecule has 0 aliphatic carbocycles. The fourth-order valence-electron chi connectivity index (χ4n) is 2.00. The van der Waals surface area contributed by atoms with Crippen LogP contribution in [-0.2, 0) is 11.8 Å². The molecular formula is C15H16N2O3. The number of hydrogen-bond acceptors (Lipinski definition) is 4. The van der Waals surface area contributed by atoms with Crippen LogP contribution in [0.2, 0.25) is 0 Å². The second kappa shape index (κ2) is 5.69. The predicted octanol–water partition coefficient (Wildman–Crippen LogP) is 1.93. The van der Waals surface area contributed by atoms with E-state index in [2.05, 4.69) is 4.98 Å². The summed E-state index contributed by atoms with van der Waals surface area (Å²) in [6.45, 7) is 3.78. The lowest BCUT2D eigenvalue weighted by Gasteiger charge is -2.12. The zero-order valence-electron chi connectivity index (χ0n) is 11.7. The molecule has 0 aliphatic heterocycles. The third-order valence-electron chi connectivity index (χ3n) is 3.20. The van der Waals surface area contributed by atoms with Crippen LogP contribution in [0, 0.1) is 6.92 Å². The Morgan fingerprint density at radius 2 is 2.00 bits per heavy atom. The summed E-state index contributed by atoms with van der Waals surface area (Å²) in [6.07, 6.45) is 3.34. The number of ether oxygens (including phenoxy) is 1. The van der Waals surface area contributed by atoms with Gasteiger partial charge < -0.3 is 9.30 Å². The summed E-state index contributed by atoms with van der Waals surface area (Å²) in [4.78, 5) is 28.0. The summed E-state index contributed by atoms with van der Waals surface area (Å²) in [5, 5.41) is 0. The van der Waals surface area contributed by atoms with Crippen LogP contribution in [-0.4, -0.2) is 22.1 Å². The molecule has 0 radical (unpaired) electrons. The minimum atomic E-state index is -0.594. The molecule has 0 aromatic carbocycles. The molecule has 2 aromatic rings. The molecule has 104 valence electrons. The van der Waals surface area contributed by atoms with Crippen LogP contribution >= 0.6 is 0 Å². The van der Waals surface area contributed by atoms with Gasteiger partial charge in [0.15, 0.2) is 0 Å². The molecule has 2 rings (SSSR count). The molecule has 2 aromatic heterocycles. The topological polar surface area (TPSA) is 61.2 Å². The first-order valence-corrected chi connectivity index (χ1v) is 6.34. The molecule has 0 fully saturated rings. The molecule has 0 aliphatic rings. The number of carbonyl (C=O) groups is 1. The van der Waals surface area contributed by atoms with Crippen molar-refractivity contribution in [1.29, 1.82) is 0 Å². The van der Waals surface area contributed by atoms with Crippen molar-refractivity contribution in [2.45, 2.75) is 13.8 Å². The highest BCUT2D eigenvalue weighted by atomic mass is 16.5. The Bertz CT molecular complexity index is 690. The van der Waals surface area contributed by atoms with Gasteiger partial charge in [-0.25, -0.2) is 4.79 Å². The largest absolute Gasteiger partial charge is 0.462 e. The van der Waals surface area contributed by atoms with Gasteiger partial charge in [0.25, 0.3) is 5.56 Å². The molecule has 0 bridgehead atoms. The van der Waals surface area contributed by atoms with Crippen molar-refractivity contribution in [3.63, 3.8) is 0 Å². The standard InChI is InChI=1S/C15H16N2O3/c1-4-20-15(19)13-9-12(10(2)17(3)14(13)18)11-5-7-16-8-6-11/h5-9H,4H2,1-3H3. The van der Waals surface area contributed by atoms with E-state index in [1.165, 1.54) is 4.57 Å². The van der Waals surface area contributed by atoms with E-state index in [-0.39, 0.29) is 17.7 Å². The van der Waals surface area contributed by atoms with Gasteiger partial charge in [0.2, 0.25) is 0 Å². The molecule has 20 heavy (non-hydrogen) atoms. The summed E-state index contributed by atoms with van der Waals surface area (Å²) in [6, 6.07) is 5.26. The van der Waals surface area contributed by atoms with Gasteiger partial charge >= 0.3 is 5.97 Å². The first-order chi connectivity index (χ1) is 9.56. The fraction of sp³-hybridized carbons (Fsp3) is 0.267. The van der Waals surface area contributed by atoms with Crippen LogP contribution in [0.3, 0.4) is 0 Å². The van der Waals surface area contributed by atoms with Gasteiger partial charge in [-0.05, 0) is 37.6 Å². The van der Waals surface area contributed by atoms with Gasteiger partial charge in [-0.1, -0.05) is 0 Å². The number of hydrogen-bond donors (Lipinski definition) is 0. The zero-order valence-corrected chi connectivity index (χ0v) is 11.7. The van der Waals surface area contributed by atoms with Crippen LogP contribution in [0.25, 0.3) is 11.1 Å². The van der Waals surface area contributed by atoms with Crippen molar-refractivity contribution in [3.8, 4) is 11.1 Å². The van der Waals surface area contributed by atoms with Gasteiger partial charge in [-0.3, -0.25) is 9.78 Å². The number of carbonyl (C=O) groups excluding carboxylic acids is 1. The van der Waals surface area contributed by atoms with Gasteiger partial charge in [0, 0.05) is 30.7 Å². The summed E-state index contributed by atoms with van der Waals surface area (Å²) in [5.74, 6) is -0.594. The van der Waals surface area contributed by atoms with Crippen LogP contribution in [0.1, 0.15) is 23.0 Å². The van der Waals surface area contributed by atoms with E-state index in [1.807, 2.05) is 19.1 Å². The van der Waals surface area contributed by atoms with Crippen molar-refractivity contribution >= 4 is 5.97 Å². The minimum Gasteiger partial charge on any atom is -0.462 e. The number of aromatic nitrogens is 2. The van der Waals surface area contributed by atoms with E-state index in [0.29, 0.717) is 0 Å². The van der Waals surface area contributed by atoms with E-state index in [4.69, 9.17) is 4.74 Å². The average molecular weight is 272 g/mol. The summed E-state index contributed by atoms with van der Waals surface area (Å²) in [7, 11) is 1.64. The van der Waals surface area contributed by atoms with E-state index >= 15 is 0 Å². The molecular weight excluding hydrogens is 256 g/mol. The highest BCUT2D eigenvalue weighted by Gasteiger charge is 2.17. The second-order valence-electron chi connectivity index (χ2n) is 4.38. The Kier molecular flexibility index (Phi) is 3.98. The number of pyridine rings is 2. The summed E-state index contributed by atoms with van der Waals surface area (Å²) in [5.41, 5.74) is 2.20. The highest BCUT2D eigenvalue weighted by Crippen LogP contribution is 2.22. The monoisotopic (exact) mass is 272 g/mol. The highest BCUT2D eigenvalue weighted by molar-refractivity contribution is 5.90. The first kappa shape index (κ1) is 14.0. The molecule has 0 saturated heterocycles. The Balaban J connectivity index is 2.65. The van der Waals surface area contributed by atoms with Gasteiger partial charge in [-0.2, -0.15) is 0 Å². The molecule has 2 heterocycles. The maximum Gasteiger partial charge on any atom is 0.343 e. The van der Waals surface area contributed by atoms with E-state index in [1.54, 1.807) is 32.4 Å². The number of esters is 1. The van der Waals surface area contributed by atoms with Crippen LogP contribution in [0.5, 0.6) is 0 Å². The maximum absolute atomic E-state index is 12.1. The van der Waals surface area contributed by atoms with Crippen molar-refractivity contribution < 1.29 is 9.53 Å². The summed E-state index contributed by atoms with van der Waals surface area (Å²) < 4.78 is 6.39. The molecule has 0 amide bonds.